The minimum Gasteiger partial charge on any atom is -0.383 e. The van der Waals surface area contributed by atoms with Gasteiger partial charge in [0.05, 0.1) is 18.8 Å². The Bertz CT molecular complexity index is 1060. The minimum atomic E-state index is -3.46. The number of methoxy groups -OCH3 is 1. The largest absolute Gasteiger partial charge is 0.383 e. The van der Waals surface area contributed by atoms with Crippen molar-refractivity contribution in [3.63, 3.8) is 0 Å². The molecule has 1 aromatic heterocycles. The van der Waals surface area contributed by atoms with Crippen molar-refractivity contribution in [2.45, 2.75) is 12.2 Å². The van der Waals surface area contributed by atoms with E-state index >= 15 is 0 Å². The molecule has 1 heterocycles. The SMILES string of the molecule is COCCNS(=O)(=O)Cc1cccc(NC(=O)Cc2c[nH]c3ccccc23)c1. The first kappa shape index (κ1) is 20.1. The summed E-state index contributed by atoms with van der Waals surface area (Å²) in [6.07, 6.45) is 2.06. The molecule has 0 aliphatic rings. The quantitative estimate of drug-likeness (QED) is 0.479. The first-order chi connectivity index (χ1) is 13.5. The van der Waals surface area contributed by atoms with E-state index in [4.69, 9.17) is 4.74 Å². The van der Waals surface area contributed by atoms with E-state index in [-0.39, 0.29) is 24.6 Å². The molecule has 3 N–H and O–H groups in total. The summed E-state index contributed by atoms with van der Waals surface area (Å²) in [7, 11) is -1.95. The number of amides is 1. The first-order valence-corrected chi connectivity index (χ1v) is 10.5. The standard InChI is InChI=1S/C20H23N3O4S/c1-27-10-9-22-28(25,26)14-15-5-4-6-17(11-15)23-20(24)12-16-13-21-19-8-3-2-7-18(16)19/h2-8,11,13,21-22H,9-10,12,14H2,1H3,(H,23,24). The van der Waals surface area contributed by atoms with Crippen LogP contribution in [-0.2, 0) is 31.7 Å². The van der Waals surface area contributed by atoms with Gasteiger partial charge in [-0.25, -0.2) is 13.1 Å². The molecule has 0 aliphatic heterocycles. The van der Waals surface area contributed by atoms with Crippen molar-refractivity contribution in [2.75, 3.05) is 25.6 Å². The van der Waals surface area contributed by atoms with Crippen LogP contribution in [0.2, 0.25) is 0 Å². The van der Waals surface area contributed by atoms with Gasteiger partial charge in [0.1, 0.15) is 0 Å². The van der Waals surface area contributed by atoms with E-state index < -0.39 is 10.0 Å². The molecule has 3 rings (SSSR count). The van der Waals surface area contributed by atoms with Gasteiger partial charge in [-0.1, -0.05) is 30.3 Å². The molecular formula is C20H23N3O4S. The molecule has 0 saturated carbocycles. The maximum atomic E-state index is 12.4. The summed E-state index contributed by atoms with van der Waals surface area (Å²) in [6, 6.07) is 14.6. The van der Waals surface area contributed by atoms with Gasteiger partial charge in [-0.05, 0) is 29.3 Å². The van der Waals surface area contributed by atoms with Crippen molar-refractivity contribution in [2.24, 2.45) is 0 Å². The van der Waals surface area contributed by atoms with Crippen LogP contribution in [-0.4, -0.2) is 39.6 Å². The van der Waals surface area contributed by atoms with Gasteiger partial charge in [0.25, 0.3) is 0 Å². The average Bonchev–Trinajstić information content (AvgIpc) is 3.04. The Kier molecular flexibility index (Phi) is 6.45. The molecule has 7 nitrogen and oxygen atoms in total. The lowest BCUT2D eigenvalue weighted by Crippen LogP contribution is -2.28. The van der Waals surface area contributed by atoms with E-state index in [0.29, 0.717) is 17.9 Å². The number of sulfonamides is 1. The van der Waals surface area contributed by atoms with E-state index in [9.17, 15) is 13.2 Å². The van der Waals surface area contributed by atoms with Gasteiger partial charge in [-0.3, -0.25) is 4.79 Å². The Morgan fingerprint density at radius 1 is 1.14 bits per heavy atom. The molecule has 0 unspecified atom stereocenters. The van der Waals surface area contributed by atoms with Crippen molar-refractivity contribution < 1.29 is 17.9 Å². The summed E-state index contributed by atoms with van der Waals surface area (Å²) in [5.74, 6) is -0.328. The molecular weight excluding hydrogens is 378 g/mol. The lowest BCUT2D eigenvalue weighted by molar-refractivity contribution is -0.115. The predicted octanol–water partition coefficient (Wildman–Crippen LogP) is 2.41. The number of anilines is 1. The molecule has 3 aromatic rings. The Hall–Kier alpha value is -2.68. The number of hydrogen-bond donors (Lipinski definition) is 3. The van der Waals surface area contributed by atoms with Crippen molar-refractivity contribution in [1.29, 1.82) is 0 Å². The highest BCUT2D eigenvalue weighted by atomic mass is 32.2. The highest BCUT2D eigenvalue weighted by Crippen LogP contribution is 2.19. The molecule has 0 radical (unpaired) electrons. The predicted molar refractivity (Wildman–Crippen MR) is 110 cm³/mol. The third-order valence-corrected chi connectivity index (χ3v) is 5.58. The number of H-pyrrole nitrogens is 1. The third kappa shape index (κ3) is 5.41. The van der Waals surface area contributed by atoms with Crippen LogP contribution in [0.5, 0.6) is 0 Å². The smallest absolute Gasteiger partial charge is 0.228 e. The zero-order valence-corrected chi connectivity index (χ0v) is 16.4. The fourth-order valence-electron chi connectivity index (χ4n) is 2.96. The fourth-order valence-corrected chi connectivity index (χ4v) is 4.08. The number of aromatic amines is 1. The second kappa shape index (κ2) is 9.01. The van der Waals surface area contributed by atoms with Crippen LogP contribution < -0.4 is 10.0 Å². The van der Waals surface area contributed by atoms with Crippen molar-refractivity contribution in [1.82, 2.24) is 9.71 Å². The zero-order valence-electron chi connectivity index (χ0n) is 15.6. The Morgan fingerprint density at radius 3 is 2.79 bits per heavy atom. The van der Waals surface area contributed by atoms with Gasteiger partial charge in [-0.15, -0.1) is 0 Å². The molecule has 1 amide bonds. The monoisotopic (exact) mass is 401 g/mol. The molecule has 2 aromatic carbocycles. The number of aromatic nitrogens is 1. The van der Waals surface area contributed by atoms with Gasteiger partial charge < -0.3 is 15.0 Å². The number of carbonyl (C=O) groups excluding carboxylic acids is 1. The summed E-state index contributed by atoms with van der Waals surface area (Å²) in [4.78, 5) is 15.6. The number of hydrogen-bond acceptors (Lipinski definition) is 4. The normalized spacial score (nSPS) is 11.6. The van der Waals surface area contributed by atoms with Crippen LogP contribution in [0.1, 0.15) is 11.1 Å². The fraction of sp³-hybridized carbons (Fsp3) is 0.250. The molecule has 0 aliphatic carbocycles. The van der Waals surface area contributed by atoms with E-state index in [2.05, 4.69) is 15.0 Å². The molecule has 0 saturated heterocycles. The lowest BCUT2D eigenvalue weighted by Gasteiger charge is -2.09. The van der Waals surface area contributed by atoms with Gasteiger partial charge in [0.2, 0.25) is 15.9 Å². The molecule has 0 fully saturated rings. The first-order valence-electron chi connectivity index (χ1n) is 8.87. The number of fused-ring (bicyclic) bond motifs is 1. The summed E-state index contributed by atoms with van der Waals surface area (Å²) < 4.78 is 31.5. The maximum Gasteiger partial charge on any atom is 0.228 e. The van der Waals surface area contributed by atoms with E-state index in [1.165, 1.54) is 7.11 Å². The summed E-state index contributed by atoms with van der Waals surface area (Å²) in [6.45, 7) is 0.531. The summed E-state index contributed by atoms with van der Waals surface area (Å²) in [5.41, 5.74) is 3.05. The van der Waals surface area contributed by atoms with Crippen LogP contribution >= 0.6 is 0 Å². The highest BCUT2D eigenvalue weighted by Gasteiger charge is 2.13. The molecule has 8 heteroatoms. The number of carbonyl (C=O) groups is 1. The van der Waals surface area contributed by atoms with E-state index in [0.717, 1.165) is 16.5 Å². The number of rotatable bonds is 9. The second-order valence-corrected chi connectivity index (χ2v) is 8.24. The van der Waals surface area contributed by atoms with Gasteiger partial charge >= 0.3 is 0 Å². The Balaban J connectivity index is 1.63. The van der Waals surface area contributed by atoms with Gasteiger partial charge in [0, 0.05) is 36.4 Å². The van der Waals surface area contributed by atoms with Crippen LogP contribution in [0.4, 0.5) is 5.69 Å². The van der Waals surface area contributed by atoms with Crippen LogP contribution in [0, 0.1) is 0 Å². The summed E-state index contributed by atoms with van der Waals surface area (Å²) in [5, 5.41) is 3.85. The minimum absolute atomic E-state index is 0.164. The van der Waals surface area contributed by atoms with E-state index in [1.807, 2.05) is 30.5 Å². The Labute approximate surface area is 164 Å². The Morgan fingerprint density at radius 2 is 1.96 bits per heavy atom. The van der Waals surface area contributed by atoms with Crippen LogP contribution in [0.15, 0.2) is 54.7 Å². The van der Waals surface area contributed by atoms with Crippen molar-refractivity contribution in [3.8, 4) is 0 Å². The second-order valence-electron chi connectivity index (χ2n) is 6.43. The highest BCUT2D eigenvalue weighted by molar-refractivity contribution is 7.88. The average molecular weight is 401 g/mol. The number of ether oxygens (including phenoxy) is 1. The lowest BCUT2D eigenvalue weighted by atomic mass is 10.1. The van der Waals surface area contributed by atoms with E-state index in [1.54, 1.807) is 24.3 Å². The van der Waals surface area contributed by atoms with Crippen LogP contribution in [0.25, 0.3) is 10.9 Å². The van der Waals surface area contributed by atoms with Crippen LogP contribution in [0.3, 0.4) is 0 Å². The van der Waals surface area contributed by atoms with Crippen molar-refractivity contribution in [3.05, 3.63) is 65.9 Å². The number of nitrogens with one attached hydrogen (secondary N) is 3. The molecule has 148 valence electrons. The topological polar surface area (TPSA) is 100 Å². The molecule has 0 atom stereocenters. The number of benzene rings is 2. The molecule has 0 bridgehead atoms. The molecule has 0 spiro atoms. The van der Waals surface area contributed by atoms with Gasteiger partial charge in [-0.2, -0.15) is 0 Å². The summed E-state index contributed by atoms with van der Waals surface area (Å²) >= 11 is 0. The third-order valence-electron chi connectivity index (χ3n) is 4.22. The maximum absolute atomic E-state index is 12.4. The zero-order chi connectivity index (χ0) is 20.0. The number of para-hydroxylation sites is 1. The van der Waals surface area contributed by atoms with Crippen molar-refractivity contribution >= 4 is 32.5 Å². The molecule has 28 heavy (non-hydrogen) atoms. The van der Waals surface area contributed by atoms with Gasteiger partial charge in [0.15, 0.2) is 0 Å².